The number of methoxy groups -OCH3 is 1. The molecule has 0 amide bonds. The van der Waals surface area contributed by atoms with Crippen LogP contribution in [0.3, 0.4) is 0 Å². The van der Waals surface area contributed by atoms with Gasteiger partial charge in [-0.3, -0.25) is 0 Å². The van der Waals surface area contributed by atoms with E-state index in [2.05, 4.69) is 14.7 Å². The number of esters is 1. The Labute approximate surface area is 75.4 Å². The summed E-state index contributed by atoms with van der Waals surface area (Å²) < 4.78 is 4.47. The number of carbonyl (C=O) groups excluding carboxylic acids is 1. The molecule has 0 aromatic carbocycles. The Morgan fingerprint density at radius 3 is 2.62 bits per heavy atom. The minimum absolute atomic E-state index is 0.00241. The molecule has 0 unspecified atom stereocenters. The standard InChI is InChI=1S/C8H10N2O3/c1-13-8(12)6-4-9-7(2-3-11)10-5-6/h4-5,11H,2-3H2,1H3. The molecule has 1 aromatic heterocycles. The van der Waals surface area contributed by atoms with Gasteiger partial charge in [0.05, 0.1) is 19.3 Å². The Kier molecular flexibility index (Phi) is 3.33. The fraction of sp³-hybridized carbons (Fsp3) is 0.375. The second-order valence-corrected chi connectivity index (χ2v) is 2.35. The monoisotopic (exact) mass is 182 g/mol. The lowest BCUT2D eigenvalue weighted by Gasteiger charge is -1.99. The van der Waals surface area contributed by atoms with E-state index >= 15 is 0 Å². The summed E-state index contributed by atoms with van der Waals surface area (Å²) in [6.45, 7) is -0.00241. The van der Waals surface area contributed by atoms with Gasteiger partial charge in [0.1, 0.15) is 5.82 Å². The third-order valence-electron chi connectivity index (χ3n) is 1.46. The van der Waals surface area contributed by atoms with Crippen LogP contribution in [0.1, 0.15) is 16.2 Å². The summed E-state index contributed by atoms with van der Waals surface area (Å²) in [5.74, 6) is 0.0469. The van der Waals surface area contributed by atoms with Crippen LogP contribution < -0.4 is 0 Å². The van der Waals surface area contributed by atoms with Gasteiger partial charge < -0.3 is 9.84 Å². The zero-order valence-corrected chi connectivity index (χ0v) is 7.23. The van der Waals surface area contributed by atoms with Gasteiger partial charge in [-0.15, -0.1) is 0 Å². The van der Waals surface area contributed by atoms with Gasteiger partial charge in [0.15, 0.2) is 0 Å². The number of hydrogen-bond donors (Lipinski definition) is 1. The van der Waals surface area contributed by atoms with Crippen molar-refractivity contribution < 1.29 is 14.6 Å². The van der Waals surface area contributed by atoms with E-state index in [0.29, 0.717) is 17.8 Å². The van der Waals surface area contributed by atoms with E-state index in [-0.39, 0.29) is 6.61 Å². The average molecular weight is 182 g/mol. The van der Waals surface area contributed by atoms with Crippen molar-refractivity contribution in [1.82, 2.24) is 9.97 Å². The van der Waals surface area contributed by atoms with E-state index in [1.165, 1.54) is 19.5 Å². The molecule has 0 radical (unpaired) electrons. The number of nitrogens with zero attached hydrogens (tertiary/aromatic N) is 2. The van der Waals surface area contributed by atoms with Gasteiger partial charge in [0.2, 0.25) is 0 Å². The molecule has 0 aliphatic carbocycles. The molecule has 0 aliphatic rings. The van der Waals surface area contributed by atoms with Crippen LogP contribution in [0.4, 0.5) is 0 Å². The van der Waals surface area contributed by atoms with Crippen LogP contribution in [0.25, 0.3) is 0 Å². The van der Waals surface area contributed by atoms with Crippen molar-refractivity contribution in [3.8, 4) is 0 Å². The molecule has 0 fully saturated rings. The molecule has 70 valence electrons. The van der Waals surface area contributed by atoms with E-state index in [0.717, 1.165) is 0 Å². The smallest absolute Gasteiger partial charge is 0.341 e. The third kappa shape index (κ3) is 2.48. The number of aliphatic hydroxyl groups is 1. The molecule has 0 atom stereocenters. The summed E-state index contributed by atoms with van der Waals surface area (Å²) in [5, 5.41) is 8.57. The summed E-state index contributed by atoms with van der Waals surface area (Å²) in [5.41, 5.74) is 0.309. The second-order valence-electron chi connectivity index (χ2n) is 2.35. The molecule has 1 rings (SSSR count). The first kappa shape index (κ1) is 9.60. The number of aliphatic hydroxyl groups excluding tert-OH is 1. The highest BCUT2D eigenvalue weighted by atomic mass is 16.5. The van der Waals surface area contributed by atoms with Crippen LogP contribution in [0.5, 0.6) is 0 Å². The quantitative estimate of drug-likeness (QED) is 0.655. The number of aromatic nitrogens is 2. The molecule has 0 aliphatic heterocycles. The Balaban J connectivity index is 2.75. The lowest BCUT2D eigenvalue weighted by molar-refractivity contribution is 0.0599. The van der Waals surface area contributed by atoms with Gasteiger partial charge in [-0.2, -0.15) is 0 Å². The number of carbonyl (C=O) groups is 1. The van der Waals surface area contributed by atoms with E-state index in [1.54, 1.807) is 0 Å². The van der Waals surface area contributed by atoms with Crippen LogP contribution in [-0.4, -0.2) is 34.8 Å². The Bertz CT molecular complexity index is 284. The highest BCUT2D eigenvalue weighted by Gasteiger charge is 2.05. The van der Waals surface area contributed by atoms with Gasteiger partial charge in [-0.05, 0) is 0 Å². The van der Waals surface area contributed by atoms with Crippen molar-refractivity contribution >= 4 is 5.97 Å². The lowest BCUT2D eigenvalue weighted by atomic mass is 10.3. The fourth-order valence-corrected chi connectivity index (χ4v) is 0.807. The number of ether oxygens (including phenoxy) is 1. The summed E-state index contributed by atoms with van der Waals surface area (Å²) in [4.78, 5) is 18.7. The Morgan fingerprint density at radius 2 is 2.15 bits per heavy atom. The Hall–Kier alpha value is -1.49. The molecule has 1 N–H and O–H groups in total. The van der Waals surface area contributed by atoms with Gasteiger partial charge in [-0.1, -0.05) is 0 Å². The fourth-order valence-electron chi connectivity index (χ4n) is 0.807. The zero-order valence-electron chi connectivity index (χ0n) is 7.23. The summed E-state index contributed by atoms with van der Waals surface area (Å²) >= 11 is 0. The maximum Gasteiger partial charge on any atom is 0.341 e. The first-order valence-corrected chi connectivity index (χ1v) is 3.78. The Morgan fingerprint density at radius 1 is 1.54 bits per heavy atom. The molecule has 0 saturated heterocycles. The molecule has 5 heteroatoms. The molecule has 0 bridgehead atoms. The number of hydrogen-bond acceptors (Lipinski definition) is 5. The first-order valence-electron chi connectivity index (χ1n) is 3.78. The van der Waals surface area contributed by atoms with Crippen LogP contribution in [0, 0.1) is 0 Å². The molecular formula is C8H10N2O3. The minimum atomic E-state index is -0.462. The molecule has 5 nitrogen and oxygen atoms in total. The van der Waals surface area contributed by atoms with Crippen molar-refractivity contribution in [3.05, 3.63) is 23.8 Å². The van der Waals surface area contributed by atoms with E-state index in [1.807, 2.05) is 0 Å². The average Bonchev–Trinajstić information content (AvgIpc) is 2.18. The summed E-state index contributed by atoms with van der Waals surface area (Å²) in [7, 11) is 1.30. The molecule has 13 heavy (non-hydrogen) atoms. The first-order chi connectivity index (χ1) is 6.27. The molecule has 1 aromatic rings. The van der Waals surface area contributed by atoms with Gasteiger partial charge in [0.25, 0.3) is 0 Å². The van der Waals surface area contributed by atoms with E-state index in [4.69, 9.17) is 5.11 Å². The predicted octanol–water partition coefficient (Wildman–Crippen LogP) is -0.202. The largest absolute Gasteiger partial charge is 0.465 e. The van der Waals surface area contributed by atoms with Crippen molar-refractivity contribution in [2.75, 3.05) is 13.7 Å². The minimum Gasteiger partial charge on any atom is -0.465 e. The molecular weight excluding hydrogens is 172 g/mol. The molecule has 1 heterocycles. The van der Waals surface area contributed by atoms with E-state index in [9.17, 15) is 4.79 Å². The molecule has 0 saturated carbocycles. The maximum atomic E-state index is 10.9. The number of rotatable bonds is 3. The summed E-state index contributed by atoms with van der Waals surface area (Å²) in [6.07, 6.45) is 3.15. The topological polar surface area (TPSA) is 72.3 Å². The highest BCUT2D eigenvalue weighted by molar-refractivity contribution is 5.88. The van der Waals surface area contributed by atoms with Gasteiger partial charge in [0, 0.05) is 18.8 Å². The van der Waals surface area contributed by atoms with Gasteiger partial charge in [-0.25, -0.2) is 14.8 Å². The van der Waals surface area contributed by atoms with Crippen molar-refractivity contribution in [3.63, 3.8) is 0 Å². The summed E-state index contributed by atoms with van der Waals surface area (Å²) in [6, 6.07) is 0. The normalized spacial score (nSPS) is 9.69. The van der Waals surface area contributed by atoms with Gasteiger partial charge >= 0.3 is 5.97 Å². The van der Waals surface area contributed by atoms with Crippen LogP contribution in [-0.2, 0) is 11.2 Å². The third-order valence-corrected chi connectivity index (χ3v) is 1.46. The van der Waals surface area contributed by atoms with Crippen LogP contribution in [0.15, 0.2) is 12.4 Å². The zero-order chi connectivity index (χ0) is 9.68. The van der Waals surface area contributed by atoms with Crippen LogP contribution in [0.2, 0.25) is 0 Å². The van der Waals surface area contributed by atoms with E-state index < -0.39 is 5.97 Å². The maximum absolute atomic E-state index is 10.9. The van der Waals surface area contributed by atoms with Crippen molar-refractivity contribution in [1.29, 1.82) is 0 Å². The van der Waals surface area contributed by atoms with Crippen molar-refractivity contribution in [2.24, 2.45) is 0 Å². The highest BCUT2D eigenvalue weighted by Crippen LogP contribution is 1.98. The SMILES string of the molecule is COC(=O)c1cnc(CCO)nc1. The van der Waals surface area contributed by atoms with Crippen molar-refractivity contribution in [2.45, 2.75) is 6.42 Å². The second kappa shape index (κ2) is 4.51. The predicted molar refractivity (Wildman–Crippen MR) is 44.2 cm³/mol. The molecule has 0 spiro atoms. The van der Waals surface area contributed by atoms with Crippen LogP contribution >= 0.6 is 0 Å². The lowest BCUT2D eigenvalue weighted by Crippen LogP contribution is -2.05.